The fourth-order valence-electron chi connectivity index (χ4n) is 3.64. The van der Waals surface area contributed by atoms with Crippen molar-refractivity contribution in [2.24, 2.45) is 21.7 Å². The third kappa shape index (κ3) is 4.85. The molecule has 2 aliphatic carbocycles. The number of ketones is 2. The number of carbonyl (C=O) groups excluding carboxylic acids is 2. The number of carbonyl (C=O) groups is 2. The zero-order chi connectivity index (χ0) is 23.4. The van der Waals surface area contributed by atoms with Crippen molar-refractivity contribution in [3.05, 3.63) is 57.7 Å². The molecule has 2 rings (SSSR count). The second kappa shape index (κ2) is 7.32. The van der Waals surface area contributed by atoms with Gasteiger partial charge in [-0.15, -0.1) is 0 Å². The first kappa shape index (κ1) is 24.3. The average Bonchev–Trinajstić information content (AvgIpc) is 2.51. The van der Waals surface area contributed by atoms with Crippen molar-refractivity contribution >= 4 is 11.6 Å². The van der Waals surface area contributed by atoms with Crippen LogP contribution in [-0.2, 0) is 9.59 Å². The normalized spacial score (nSPS) is 21.9. The van der Waals surface area contributed by atoms with Crippen LogP contribution in [0.1, 0.15) is 83.1 Å². The van der Waals surface area contributed by atoms with Crippen molar-refractivity contribution in [3.8, 4) is 0 Å². The first-order valence-electron chi connectivity index (χ1n) is 11.0. The molecule has 2 aliphatic rings. The topological polar surface area (TPSA) is 34.1 Å². The van der Waals surface area contributed by atoms with Crippen LogP contribution in [0.2, 0.25) is 0 Å². The molecule has 0 radical (unpaired) electrons. The monoisotopic (exact) mass is 408 g/mol. The zero-order valence-electron chi connectivity index (χ0n) is 21.1. The Morgan fingerprint density at radius 1 is 0.433 bits per heavy atom. The van der Waals surface area contributed by atoms with E-state index in [1.807, 2.05) is 24.3 Å². The van der Waals surface area contributed by atoms with Gasteiger partial charge in [-0.25, -0.2) is 0 Å². The Kier molecular flexibility index (Phi) is 5.93. The molecule has 0 spiro atoms. The third-order valence-electron chi connectivity index (χ3n) is 5.82. The largest absolute Gasteiger partial charge is 0.289 e. The highest BCUT2D eigenvalue weighted by atomic mass is 16.1. The predicted molar refractivity (Wildman–Crippen MR) is 127 cm³/mol. The summed E-state index contributed by atoms with van der Waals surface area (Å²) in [5.74, 6) is -0.0583. The van der Waals surface area contributed by atoms with Crippen LogP contribution in [0.25, 0.3) is 0 Å². The van der Waals surface area contributed by atoms with Crippen molar-refractivity contribution in [1.82, 2.24) is 0 Å². The van der Waals surface area contributed by atoms with Crippen molar-refractivity contribution in [1.29, 1.82) is 0 Å². The van der Waals surface area contributed by atoms with E-state index in [1.165, 1.54) is 0 Å². The molecule has 0 N–H and O–H groups in total. The number of hydrogen-bond donors (Lipinski definition) is 0. The molecule has 0 aromatic carbocycles. The predicted octanol–water partition coefficient (Wildman–Crippen LogP) is 7.34. The van der Waals surface area contributed by atoms with Gasteiger partial charge in [0.05, 0.1) is 0 Å². The quantitative estimate of drug-likeness (QED) is 0.393. The van der Waals surface area contributed by atoms with Gasteiger partial charge in [-0.05, 0) is 45.0 Å². The van der Waals surface area contributed by atoms with Gasteiger partial charge in [0, 0.05) is 22.3 Å². The summed E-state index contributed by atoms with van der Waals surface area (Å²) in [6.45, 7) is 25.2. The molecular formula is C28H40O2. The van der Waals surface area contributed by atoms with E-state index in [2.05, 4.69) is 83.1 Å². The lowest BCUT2D eigenvalue weighted by molar-refractivity contribution is -0.115. The Morgan fingerprint density at radius 2 is 0.700 bits per heavy atom. The summed E-state index contributed by atoms with van der Waals surface area (Å²) >= 11 is 0. The van der Waals surface area contributed by atoms with Crippen LogP contribution in [-0.4, -0.2) is 11.6 Å². The second-order valence-electron chi connectivity index (χ2n) is 12.8. The number of hydrogen-bond acceptors (Lipinski definition) is 2. The smallest absolute Gasteiger partial charge is 0.190 e. The van der Waals surface area contributed by atoms with Gasteiger partial charge in [0.25, 0.3) is 0 Å². The standard InChI is InChI=1S/C28H40O2/c1-25(2,3)17-13-19(23(29)21(15-17)27(7,8)9)20-14-18(26(4,5)6)16-22(24(20)30)28(10,11)12/h13-16H,1-12H3. The van der Waals surface area contributed by atoms with Gasteiger partial charge in [0.15, 0.2) is 11.6 Å². The minimum absolute atomic E-state index is 0.0291. The minimum Gasteiger partial charge on any atom is -0.289 e. The highest BCUT2D eigenvalue weighted by Crippen LogP contribution is 2.43. The zero-order valence-corrected chi connectivity index (χ0v) is 21.1. The summed E-state index contributed by atoms with van der Waals surface area (Å²) in [7, 11) is 0. The van der Waals surface area contributed by atoms with Crippen molar-refractivity contribution in [2.75, 3.05) is 0 Å². The van der Waals surface area contributed by atoms with Gasteiger partial charge >= 0.3 is 0 Å². The molecule has 0 aromatic heterocycles. The molecule has 0 unspecified atom stereocenters. The molecule has 0 aromatic rings. The molecule has 30 heavy (non-hydrogen) atoms. The summed E-state index contributed by atoms with van der Waals surface area (Å²) in [5, 5.41) is 0. The van der Waals surface area contributed by atoms with Crippen LogP contribution in [0, 0.1) is 21.7 Å². The van der Waals surface area contributed by atoms with E-state index in [0.29, 0.717) is 11.1 Å². The summed E-state index contributed by atoms with van der Waals surface area (Å²) in [6, 6.07) is 0. The minimum atomic E-state index is -0.301. The molecule has 0 heterocycles. The molecule has 2 nitrogen and oxygen atoms in total. The lowest BCUT2D eigenvalue weighted by Crippen LogP contribution is -2.29. The van der Waals surface area contributed by atoms with E-state index in [1.54, 1.807) is 0 Å². The maximum absolute atomic E-state index is 13.6. The van der Waals surface area contributed by atoms with E-state index in [4.69, 9.17) is 0 Å². The Morgan fingerprint density at radius 3 is 0.900 bits per heavy atom. The lowest BCUT2D eigenvalue weighted by atomic mass is 9.69. The number of Topliss-reactive ketones (excluding diaryl/α,β-unsaturated/α-hetero) is 2. The van der Waals surface area contributed by atoms with Crippen LogP contribution in [0.4, 0.5) is 0 Å². The van der Waals surface area contributed by atoms with Gasteiger partial charge in [-0.2, -0.15) is 0 Å². The molecule has 164 valence electrons. The molecule has 0 aliphatic heterocycles. The van der Waals surface area contributed by atoms with Crippen LogP contribution < -0.4 is 0 Å². The van der Waals surface area contributed by atoms with Gasteiger partial charge in [0.2, 0.25) is 0 Å². The van der Waals surface area contributed by atoms with Crippen LogP contribution in [0.15, 0.2) is 57.7 Å². The van der Waals surface area contributed by atoms with Crippen molar-refractivity contribution < 1.29 is 9.59 Å². The van der Waals surface area contributed by atoms with Gasteiger partial charge < -0.3 is 0 Å². The van der Waals surface area contributed by atoms with E-state index >= 15 is 0 Å². The molecule has 0 saturated carbocycles. The van der Waals surface area contributed by atoms with Crippen molar-refractivity contribution in [3.63, 3.8) is 0 Å². The van der Waals surface area contributed by atoms with Gasteiger partial charge in [-0.1, -0.05) is 95.2 Å². The fraction of sp³-hybridized carbons (Fsp3) is 0.571. The third-order valence-corrected chi connectivity index (χ3v) is 5.82. The number of allylic oxidation sites excluding steroid dienone is 10. The van der Waals surface area contributed by atoms with Crippen LogP contribution in [0.5, 0.6) is 0 Å². The summed E-state index contributed by atoms with van der Waals surface area (Å²) in [6.07, 6.45) is 7.98. The van der Waals surface area contributed by atoms with Gasteiger partial charge in [-0.3, -0.25) is 9.59 Å². The Bertz CT molecular complexity index is 851. The van der Waals surface area contributed by atoms with Crippen LogP contribution in [0.3, 0.4) is 0 Å². The molecule has 0 atom stereocenters. The fourth-order valence-corrected chi connectivity index (χ4v) is 3.64. The molecule has 0 fully saturated rings. The lowest BCUT2D eigenvalue weighted by Gasteiger charge is -2.33. The molecule has 0 saturated heterocycles. The van der Waals surface area contributed by atoms with Crippen LogP contribution >= 0.6 is 0 Å². The first-order chi connectivity index (χ1) is 13.2. The molecule has 0 amide bonds. The Balaban J connectivity index is 2.89. The van der Waals surface area contributed by atoms with Gasteiger partial charge in [0.1, 0.15) is 0 Å². The Hall–Kier alpha value is -1.96. The molecule has 2 heteroatoms. The van der Waals surface area contributed by atoms with E-state index in [0.717, 1.165) is 22.3 Å². The molecular weight excluding hydrogens is 368 g/mol. The average molecular weight is 409 g/mol. The first-order valence-corrected chi connectivity index (χ1v) is 11.0. The van der Waals surface area contributed by atoms with Crippen molar-refractivity contribution in [2.45, 2.75) is 83.1 Å². The number of rotatable bonds is 0. The van der Waals surface area contributed by atoms with E-state index < -0.39 is 0 Å². The van der Waals surface area contributed by atoms with E-state index in [-0.39, 0.29) is 33.2 Å². The highest BCUT2D eigenvalue weighted by molar-refractivity contribution is 6.22. The SMILES string of the molecule is CC(C)(C)C1=CC(=C2C=C(C(C)(C)C)C=C(C(C)(C)C)C2=O)C(=O)C(C(C)(C)C)=C1. The Labute approximate surface area is 183 Å². The maximum Gasteiger partial charge on any atom is 0.190 e. The summed E-state index contributed by atoms with van der Waals surface area (Å²) < 4.78 is 0. The second-order valence-corrected chi connectivity index (χ2v) is 12.8. The maximum atomic E-state index is 13.6. The van der Waals surface area contributed by atoms with E-state index in [9.17, 15) is 9.59 Å². The summed E-state index contributed by atoms with van der Waals surface area (Å²) in [5.41, 5.74) is 3.92. The summed E-state index contributed by atoms with van der Waals surface area (Å²) in [4.78, 5) is 27.3. The highest BCUT2D eigenvalue weighted by Gasteiger charge is 2.37. The molecule has 0 bridgehead atoms.